The van der Waals surface area contributed by atoms with Gasteiger partial charge in [-0.05, 0) is 30.0 Å². The molecule has 2 heterocycles. The lowest BCUT2D eigenvalue weighted by Gasteiger charge is -2.01. The van der Waals surface area contributed by atoms with Crippen molar-refractivity contribution in [1.29, 1.82) is 0 Å². The second kappa shape index (κ2) is 3.80. The highest BCUT2D eigenvalue weighted by molar-refractivity contribution is 7.10. The summed E-state index contributed by atoms with van der Waals surface area (Å²) in [6, 6.07) is 7.34. The van der Waals surface area contributed by atoms with Crippen molar-refractivity contribution in [2.45, 2.75) is 13.5 Å². The molecule has 0 aliphatic heterocycles. The van der Waals surface area contributed by atoms with E-state index in [1.54, 1.807) is 28.0 Å². The van der Waals surface area contributed by atoms with Gasteiger partial charge >= 0.3 is 0 Å². The average Bonchev–Trinajstić information content (AvgIpc) is 2.56. The van der Waals surface area contributed by atoms with Crippen LogP contribution in [0.25, 0.3) is 0 Å². The standard InChI is InChI=1S/C11H11NOS/c1-9-6-10(14-8-9)7-12-5-3-2-4-11(12)13/h2-6,8H,7H2,1H3. The van der Waals surface area contributed by atoms with Gasteiger partial charge in [0, 0.05) is 17.1 Å². The number of hydrogen-bond donors (Lipinski definition) is 0. The normalized spacial score (nSPS) is 10.4. The number of rotatable bonds is 2. The van der Waals surface area contributed by atoms with E-state index in [-0.39, 0.29) is 5.56 Å². The van der Waals surface area contributed by atoms with Gasteiger partial charge in [0.1, 0.15) is 0 Å². The van der Waals surface area contributed by atoms with Gasteiger partial charge in [0.2, 0.25) is 0 Å². The van der Waals surface area contributed by atoms with Gasteiger partial charge in [-0.25, -0.2) is 0 Å². The third kappa shape index (κ3) is 1.93. The average molecular weight is 205 g/mol. The molecule has 2 aromatic heterocycles. The summed E-state index contributed by atoms with van der Waals surface area (Å²) in [6.07, 6.45) is 1.82. The van der Waals surface area contributed by atoms with Crippen LogP contribution >= 0.6 is 11.3 Å². The summed E-state index contributed by atoms with van der Waals surface area (Å²) in [4.78, 5) is 12.6. The Balaban J connectivity index is 2.27. The third-order valence-electron chi connectivity index (χ3n) is 2.01. The summed E-state index contributed by atoms with van der Waals surface area (Å²) >= 11 is 1.69. The molecule has 0 saturated heterocycles. The maximum Gasteiger partial charge on any atom is 0.250 e. The fraction of sp³-hybridized carbons (Fsp3) is 0.182. The number of nitrogens with zero attached hydrogens (tertiary/aromatic N) is 1. The molecule has 0 aliphatic rings. The SMILES string of the molecule is Cc1csc(Cn2ccccc2=O)c1. The summed E-state index contributed by atoms with van der Waals surface area (Å²) < 4.78 is 1.71. The molecule has 0 aliphatic carbocycles. The molecule has 2 rings (SSSR count). The Hall–Kier alpha value is -1.35. The van der Waals surface area contributed by atoms with Gasteiger partial charge in [-0.2, -0.15) is 0 Å². The highest BCUT2D eigenvalue weighted by Gasteiger charge is 1.98. The van der Waals surface area contributed by atoms with Gasteiger partial charge in [0.05, 0.1) is 6.54 Å². The summed E-state index contributed by atoms with van der Waals surface area (Å²) in [7, 11) is 0. The molecule has 0 atom stereocenters. The van der Waals surface area contributed by atoms with Crippen molar-refractivity contribution in [3.8, 4) is 0 Å². The highest BCUT2D eigenvalue weighted by atomic mass is 32.1. The van der Waals surface area contributed by atoms with Crippen LogP contribution in [0.4, 0.5) is 0 Å². The number of aryl methyl sites for hydroxylation is 1. The number of aromatic nitrogens is 1. The Morgan fingerprint density at radius 1 is 1.43 bits per heavy atom. The second-order valence-corrected chi connectivity index (χ2v) is 4.25. The van der Waals surface area contributed by atoms with E-state index in [0.29, 0.717) is 6.54 Å². The molecule has 2 aromatic rings. The maximum absolute atomic E-state index is 11.4. The van der Waals surface area contributed by atoms with E-state index in [0.717, 1.165) is 0 Å². The molecule has 0 aromatic carbocycles. The monoisotopic (exact) mass is 205 g/mol. The molecule has 3 heteroatoms. The third-order valence-corrected chi connectivity index (χ3v) is 3.05. The van der Waals surface area contributed by atoms with Crippen LogP contribution in [0.2, 0.25) is 0 Å². The first kappa shape index (κ1) is 9.21. The smallest absolute Gasteiger partial charge is 0.250 e. The van der Waals surface area contributed by atoms with Crippen molar-refractivity contribution in [2.24, 2.45) is 0 Å². The van der Waals surface area contributed by atoms with Gasteiger partial charge < -0.3 is 4.57 Å². The molecule has 2 nitrogen and oxygen atoms in total. The van der Waals surface area contributed by atoms with Gasteiger partial charge in [-0.1, -0.05) is 6.07 Å². The molecule has 14 heavy (non-hydrogen) atoms. The van der Waals surface area contributed by atoms with E-state index >= 15 is 0 Å². The van der Waals surface area contributed by atoms with Crippen molar-refractivity contribution in [3.05, 3.63) is 56.6 Å². The molecule has 0 spiro atoms. The van der Waals surface area contributed by atoms with E-state index in [4.69, 9.17) is 0 Å². The Labute approximate surface area is 86.4 Å². The molecule has 0 radical (unpaired) electrons. The van der Waals surface area contributed by atoms with Gasteiger partial charge in [-0.15, -0.1) is 11.3 Å². The van der Waals surface area contributed by atoms with Crippen LogP contribution in [0.5, 0.6) is 0 Å². The lowest BCUT2D eigenvalue weighted by atomic mass is 10.3. The lowest BCUT2D eigenvalue weighted by molar-refractivity contribution is 0.770. The fourth-order valence-electron chi connectivity index (χ4n) is 1.33. The van der Waals surface area contributed by atoms with Crippen molar-refractivity contribution >= 4 is 11.3 Å². The first-order chi connectivity index (χ1) is 6.75. The first-order valence-corrected chi connectivity index (χ1v) is 5.33. The Morgan fingerprint density at radius 2 is 2.29 bits per heavy atom. The molecule has 72 valence electrons. The second-order valence-electron chi connectivity index (χ2n) is 3.26. The summed E-state index contributed by atoms with van der Waals surface area (Å²) in [5, 5.41) is 2.10. The highest BCUT2D eigenvalue weighted by Crippen LogP contribution is 2.13. The molecule has 0 N–H and O–H groups in total. The molecule has 0 bridgehead atoms. The Bertz CT molecular complexity index is 484. The minimum absolute atomic E-state index is 0.0542. The van der Waals surface area contributed by atoms with Crippen LogP contribution < -0.4 is 5.56 Å². The minimum Gasteiger partial charge on any atom is -0.310 e. The first-order valence-electron chi connectivity index (χ1n) is 4.45. The predicted molar refractivity (Wildman–Crippen MR) is 58.9 cm³/mol. The van der Waals surface area contributed by atoms with E-state index in [1.807, 2.05) is 12.3 Å². The van der Waals surface area contributed by atoms with Gasteiger partial charge in [0.25, 0.3) is 5.56 Å². The van der Waals surface area contributed by atoms with E-state index < -0.39 is 0 Å². The largest absolute Gasteiger partial charge is 0.310 e. The molecule has 0 amide bonds. The molecule has 0 saturated carbocycles. The Kier molecular flexibility index (Phi) is 2.50. The van der Waals surface area contributed by atoms with E-state index in [2.05, 4.69) is 18.4 Å². The van der Waals surface area contributed by atoms with Crippen LogP contribution in [-0.2, 0) is 6.54 Å². The predicted octanol–water partition coefficient (Wildman–Crippen LogP) is 2.27. The zero-order valence-electron chi connectivity index (χ0n) is 7.93. The van der Waals surface area contributed by atoms with Crippen LogP contribution in [0.3, 0.4) is 0 Å². The number of hydrogen-bond acceptors (Lipinski definition) is 2. The summed E-state index contributed by atoms with van der Waals surface area (Å²) in [5.74, 6) is 0. The van der Waals surface area contributed by atoms with E-state index in [1.165, 1.54) is 10.4 Å². The zero-order chi connectivity index (χ0) is 9.97. The maximum atomic E-state index is 11.4. The molecular formula is C11H11NOS. The number of pyridine rings is 1. The van der Waals surface area contributed by atoms with Crippen molar-refractivity contribution < 1.29 is 0 Å². The van der Waals surface area contributed by atoms with Gasteiger partial charge in [-0.3, -0.25) is 4.79 Å². The Morgan fingerprint density at radius 3 is 2.93 bits per heavy atom. The fourth-order valence-corrected chi connectivity index (χ4v) is 2.21. The molecular weight excluding hydrogens is 194 g/mol. The van der Waals surface area contributed by atoms with Crippen molar-refractivity contribution in [2.75, 3.05) is 0 Å². The quantitative estimate of drug-likeness (QED) is 0.737. The van der Waals surface area contributed by atoms with Crippen LogP contribution in [-0.4, -0.2) is 4.57 Å². The summed E-state index contributed by atoms with van der Waals surface area (Å²) in [5.41, 5.74) is 1.31. The lowest BCUT2D eigenvalue weighted by Crippen LogP contribution is -2.17. The van der Waals surface area contributed by atoms with Crippen LogP contribution in [0, 0.1) is 6.92 Å². The zero-order valence-corrected chi connectivity index (χ0v) is 8.75. The topological polar surface area (TPSA) is 22.0 Å². The number of thiophene rings is 1. The molecule has 0 unspecified atom stereocenters. The van der Waals surface area contributed by atoms with Crippen LogP contribution in [0.15, 0.2) is 40.6 Å². The van der Waals surface area contributed by atoms with Gasteiger partial charge in [0.15, 0.2) is 0 Å². The minimum atomic E-state index is 0.0542. The molecule has 0 fully saturated rings. The van der Waals surface area contributed by atoms with Crippen molar-refractivity contribution in [1.82, 2.24) is 4.57 Å². The summed E-state index contributed by atoms with van der Waals surface area (Å²) in [6.45, 7) is 2.74. The van der Waals surface area contributed by atoms with Crippen LogP contribution in [0.1, 0.15) is 10.4 Å². The van der Waals surface area contributed by atoms with E-state index in [9.17, 15) is 4.79 Å². The van der Waals surface area contributed by atoms with Crippen molar-refractivity contribution in [3.63, 3.8) is 0 Å².